The lowest BCUT2D eigenvalue weighted by Crippen LogP contribution is -2.33. The average Bonchev–Trinajstić information content (AvgIpc) is 2.29. The summed E-state index contributed by atoms with van der Waals surface area (Å²) in [7, 11) is 0. The molecule has 4 heteroatoms. The van der Waals surface area contributed by atoms with Gasteiger partial charge in [0.15, 0.2) is 0 Å². The van der Waals surface area contributed by atoms with Crippen LogP contribution in [-0.4, -0.2) is 19.0 Å². The number of carbonyl (C=O) groups excluding carboxylic acids is 1. The van der Waals surface area contributed by atoms with Gasteiger partial charge in [0, 0.05) is 11.6 Å². The maximum Gasteiger partial charge on any atom is 0.234 e. The molecule has 1 aromatic carbocycles. The zero-order chi connectivity index (χ0) is 11.8. The van der Waals surface area contributed by atoms with Gasteiger partial charge in [0.1, 0.15) is 0 Å². The molecule has 0 aliphatic rings. The van der Waals surface area contributed by atoms with Crippen LogP contribution in [0.3, 0.4) is 0 Å². The molecule has 0 saturated carbocycles. The number of benzene rings is 1. The molecule has 16 heavy (non-hydrogen) atoms. The average molecular weight is 237 g/mol. The molecule has 0 heterocycles. The summed E-state index contributed by atoms with van der Waals surface area (Å²) in [5.74, 6) is 2.32. The number of halogens is 1. The molecule has 0 aliphatic carbocycles. The third-order valence-electron chi connectivity index (χ3n) is 1.92. The van der Waals surface area contributed by atoms with Crippen molar-refractivity contribution >= 4 is 17.5 Å². The van der Waals surface area contributed by atoms with E-state index in [0.29, 0.717) is 18.1 Å². The summed E-state index contributed by atoms with van der Waals surface area (Å²) in [6, 6.07) is 7.33. The van der Waals surface area contributed by atoms with Crippen molar-refractivity contribution in [2.45, 2.75) is 6.54 Å². The second kappa shape index (κ2) is 6.89. The molecule has 1 rings (SSSR count). The first-order valence-electron chi connectivity index (χ1n) is 4.87. The van der Waals surface area contributed by atoms with E-state index in [-0.39, 0.29) is 12.5 Å². The van der Waals surface area contributed by atoms with Gasteiger partial charge in [0.05, 0.1) is 13.1 Å². The molecule has 0 atom stereocenters. The van der Waals surface area contributed by atoms with Crippen LogP contribution in [0.2, 0.25) is 5.02 Å². The molecule has 2 N–H and O–H groups in total. The monoisotopic (exact) mass is 236 g/mol. The van der Waals surface area contributed by atoms with Gasteiger partial charge < -0.3 is 5.32 Å². The van der Waals surface area contributed by atoms with E-state index < -0.39 is 0 Å². The maximum atomic E-state index is 11.3. The van der Waals surface area contributed by atoms with Gasteiger partial charge in [-0.05, 0) is 17.7 Å². The van der Waals surface area contributed by atoms with Gasteiger partial charge in [-0.1, -0.05) is 29.7 Å². The minimum absolute atomic E-state index is 0.0785. The van der Waals surface area contributed by atoms with E-state index in [1.54, 1.807) is 12.1 Å². The van der Waals surface area contributed by atoms with Crippen LogP contribution in [0.5, 0.6) is 0 Å². The summed E-state index contributed by atoms with van der Waals surface area (Å²) < 4.78 is 0. The molecule has 0 radical (unpaired) electrons. The number of rotatable bonds is 5. The van der Waals surface area contributed by atoms with Gasteiger partial charge in [0.2, 0.25) is 5.91 Å². The Hall–Kier alpha value is -1.50. The SMILES string of the molecule is C#CCNCC(=O)NCc1ccc(Cl)cc1. The largest absolute Gasteiger partial charge is 0.351 e. The van der Waals surface area contributed by atoms with Crippen LogP contribution < -0.4 is 10.6 Å². The molecular weight excluding hydrogens is 224 g/mol. The fraction of sp³-hybridized carbons (Fsp3) is 0.250. The van der Waals surface area contributed by atoms with Crippen LogP contribution in [0, 0.1) is 12.3 Å². The number of hydrogen-bond acceptors (Lipinski definition) is 2. The highest BCUT2D eigenvalue weighted by atomic mass is 35.5. The Balaban J connectivity index is 2.26. The predicted octanol–water partition coefficient (Wildman–Crippen LogP) is 1.18. The molecule has 0 bridgehead atoms. The Morgan fingerprint density at radius 2 is 2.06 bits per heavy atom. The van der Waals surface area contributed by atoms with E-state index in [0.717, 1.165) is 5.56 Å². The zero-order valence-electron chi connectivity index (χ0n) is 8.79. The van der Waals surface area contributed by atoms with Crippen molar-refractivity contribution in [3.05, 3.63) is 34.9 Å². The van der Waals surface area contributed by atoms with Gasteiger partial charge in [-0.25, -0.2) is 0 Å². The maximum absolute atomic E-state index is 11.3. The molecule has 1 amide bonds. The van der Waals surface area contributed by atoms with Gasteiger partial charge in [-0.2, -0.15) is 0 Å². The molecule has 0 saturated heterocycles. The highest BCUT2D eigenvalue weighted by Crippen LogP contribution is 2.08. The summed E-state index contributed by atoms with van der Waals surface area (Å²) in [4.78, 5) is 11.3. The quantitative estimate of drug-likeness (QED) is 0.596. The van der Waals surface area contributed by atoms with E-state index in [2.05, 4.69) is 16.6 Å². The normalized spacial score (nSPS) is 9.50. The smallest absolute Gasteiger partial charge is 0.234 e. The van der Waals surface area contributed by atoms with Crippen LogP contribution in [0.25, 0.3) is 0 Å². The van der Waals surface area contributed by atoms with Crippen LogP contribution >= 0.6 is 11.6 Å². The topological polar surface area (TPSA) is 41.1 Å². The molecular formula is C12H13ClN2O. The van der Waals surface area contributed by atoms with Gasteiger partial charge in [-0.15, -0.1) is 6.42 Å². The second-order valence-electron chi connectivity index (χ2n) is 3.21. The third-order valence-corrected chi connectivity index (χ3v) is 2.17. The molecule has 0 unspecified atom stereocenters. The number of nitrogens with one attached hydrogen (secondary N) is 2. The molecule has 1 aromatic rings. The van der Waals surface area contributed by atoms with Crippen molar-refractivity contribution in [1.29, 1.82) is 0 Å². The number of terminal acetylenes is 1. The van der Waals surface area contributed by atoms with Crippen molar-refractivity contribution in [2.75, 3.05) is 13.1 Å². The third kappa shape index (κ3) is 4.83. The molecule has 84 valence electrons. The Kier molecular flexibility index (Phi) is 5.41. The van der Waals surface area contributed by atoms with Crippen LogP contribution in [-0.2, 0) is 11.3 Å². The fourth-order valence-electron chi connectivity index (χ4n) is 1.11. The number of amides is 1. The first kappa shape index (κ1) is 12.6. The van der Waals surface area contributed by atoms with E-state index in [4.69, 9.17) is 18.0 Å². The first-order valence-corrected chi connectivity index (χ1v) is 5.25. The van der Waals surface area contributed by atoms with Crippen molar-refractivity contribution in [1.82, 2.24) is 10.6 Å². The minimum Gasteiger partial charge on any atom is -0.351 e. The lowest BCUT2D eigenvalue weighted by atomic mass is 10.2. The Morgan fingerprint density at radius 1 is 1.38 bits per heavy atom. The van der Waals surface area contributed by atoms with E-state index in [1.807, 2.05) is 12.1 Å². The Bertz CT molecular complexity index is 381. The Labute approximate surface area is 100 Å². The standard InChI is InChI=1S/C12H13ClN2O/c1-2-7-14-9-12(16)15-8-10-3-5-11(13)6-4-10/h1,3-6,14H,7-9H2,(H,15,16). The van der Waals surface area contributed by atoms with Crippen molar-refractivity contribution in [3.8, 4) is 12.3 Å². The van der Waals surface area contributed by atoms with E-state index in [9.17, 15) is 4.79 Å². The molecule has 0 fully saturated rings. The predicted molar refractivity (Wildman–Crippen MR) is 65.0 cm³/mol. The van der Waals surface area contributed by atoms with Crippen LogP contribution in [0.15, 0.2) is 24.3 Å². The van der Waals surface area contributed by atoms with E-state index >= 15 is 0 Å². The molecule has 0 aliphatic heterocycles. The Morgan fingerprint density at radius 3 is 2.69 bits per heavy atom. The lowest BCUT2D eigenvalue weighted by molar-refractivity contribution is -0.120. The van der Waals surface area contributed by atoms with Crippen molar-refractivity contribution in [2.24, 2.45) is 0 Å². The van der Waals surface area contributed by atoms with E-state index in [1.165, 1.54) is 0 Å². The number of carbonyl (C=O) groups is 1. The molecule has 0 spiro atoms. The van der Waals surface area contributed by atoms with Gasteiger partial charge >= 0.3 is 0 Å². The van der Waals surface area contributed by atoms with Crippen LogP contribution in [0.1, 0.15) is 5.56 Å². The van der Waals surface area contributed by atoms with Crippen LogP contribution in [0.4, 0.5) is 0 Å². The highest BCUT2D eigenvalue weighted by Gasteiger charge is 1.99. The summed E-state index contributed by atoms with van der Waals surface area (Å²) in [6.45, 7) is 1.12. The summed E-state index contributed by atoms with van der Waals surface area (Å²) in [6.07, 6.45) is 5.04. The summed E-state index contributed by atoms with van der Waals surface area (Å²) in [5, 5.41) is 6.26. The highest BCUT2D eigenvalue weighted by molar-refractivity contribution is 6.30. The molecule has 0 aromatic heterocycles. The van der Waals surface area contributed by atoms with Crippen molar-refractivity contribution < 1.29 is 4.79 Å². The van der Waals surface area contributed by atoms with Gasteiger partial charge in [0.25, 0.3) is 0 Å². The second-order valence-corrected chi connectivity index (χ2v) is 3.65. The first-order chi connectivity index (χ1) is 7.72. The summed E-state index contributed by atoms with van der Waals surface area (Å²) in [5.41, 5.74) is 1.01. The fourth-order valence-corrected chi connectivity index (χ4v) is 1.24. The summed E-state index contributed by atoms with van der Waals surface area (Å²) >= 11 is 5.74. The number of hydrogen-bond donors (Lipinski definition) is 2. The molecule has 3 nitrogen and oxygen atoms in total. The van der Waals surface area contributed by atoms with Gasteiger partial charge in [-0.3, -0.25) is 10.1 Å². The zero-order valence-corrected chi connectivity index (χ0v) is 9.55. The lowest BCUT2D eigenvalue weighted by Gasteiger charge is -2.05. The van der Waals surface area contributed by atoms with Crippen molar-refractivity contribution in [3.63, 3.8) is 0 Å². The minimum atomic E-state index is -0.0785.